The summed E-state index contributed by atoms with van der Waals surface area (Å²) in [6, 6.07) is 7.75. The summed E-state index contributed by atoms with van der Waals surface area (Å²) in [6.07, 6.45) is 1.57. The van der Waals surface area contributed by atoms with Crippen LogP contribution in [0.4, 0.5) is 4.79 Å². The van der Waals surface area contributed by atoms with Crippen LogP contribution in [0.5, 0.6) is 0 Å². The van der Waals surface area contributed by atoms with E-state index in [0.717, 1.165) is 29.1 Å². The van der Waals surface area contributed by atoms with Crippen LogP contribution in [0.15, 0.2) is 29.6 Å². The molecular weight excluding hydrogens is 338 g/mol. The second kappa shape index (κ2) is 6.48. The fourth-order valence-corrected chi connectivity index (χ4v) is 3.72. The Morgan fingerprint density at radius 2 is 2.28 bits per heavy atom. The molecule has 0 radical (unpaired) electrons. The van der Waals surface area contributed by atoms with E-state index in [1.807, 2.05) is 30.5 Å². The number of aromatic nitrogens is 1. The van der Waals surface area contributed by atoms with Crippen LogP contribution in [-0.4, -0.2) is 47.1 Å². The van der Waals surface area contributed by atoms with E-state index < -0.39 is 0 Å². The fourth-order valence-electron chi connectivity index (χ4n) is 2.92. The summed E-state index contributed by atoms with van der Waals surface area (Å²) in [5.41, 5.74) is 2.48. The van der Waals surface area contributed by atoms with Crippen molar-refractivity contribution in [3.63, 3.8) is 0 Å². The van der Waals surface area contributed by atoms with Gasteiger partial charge in [-0.2, -0.15) is 0 Å². The van der Waals surface area contributed by atoms with Crippen molar-refractivity contribution in [3.05, 3.63) is 40.9 Å². The molecule has 4 rings (SSSR count). The second-order valence-corrected chi connectivity index (χ2v) is 7.33. The minimum atomic E-state index is -0.276. The van der Waals surface area contributed by atoms with Gasteiger partial charge in [0.2, 0.25) is 0 Å². The molecule has 1 unspecified atom stereocenters. The van der Waals surface area contributed by atoms with E-state index in [4.69, 9.17) is 4.74 Å². The maximum Gasteiger partial charge on any atom is 0.410 e. The van der Waals surface area contributed by atoms with Gasteiger partial charge < -0.3 is 15.0 Å². The monoisotopic (exact) mass is 357 g/mol. The molecule has 1 saturated heterocycles. The van der Waals surface area contributed by atoms with E-state index in [1.54, 1.807) is 22.3 Å². The Morgan fingerprint density at radius 3 is 3.00 bits per heavy atom. The van der Waals surface area contributed by atoms with Crippen LogP contribution >= 0.6 is 11.3 Å². The highest BCUT2D eigenvalue weighted by atomic mass is 32.1. The first-order valence-corrected chi connectivity index (χ1v) is 9.26. The molecule has 1 atom stereocenters. The van der Waals surface area contributed by atoms with Gasteiger partial charge in [0.1, 0.15) is 11.1 Å². The van der Waals surface area contributed by atoms with Gasteiger partial charge in [0.15, 0.2) is 0 Å². The van der Waals surface area contributed by atoms with E-state index in [1.165, 1.54) is 0 Å². The van der Waals surface area contributed by atoms with Crippen LogP contribution in [0.1, 0.15) is 28.9 Å². The Kier molecular flexibility index (Phi) is 4.17. The number of nitrogens with zero attached hydrogens (tertiary/aromatic N) is 2. The van der Waals surface area contributed by atoms with E-state index in [2.05, 4.69) is 10.3 Å². The van der Waals surface area contributed by atoms with Crippen molar-refractivity contribution in [3.8, 4) is 10.6 Å². The average Bonchev–Trinajstić information content (AvgIpc) is 3.26. The number of cyclic esters (lactones) is 1. The largest absolute Gasteiger partial charge is 0.442 e. The van der Waals surface area contributed by atoms with Crippen molar-refractivity contribution in [1.82, 2.24) is 15.2 Å². The topological polar surface area (TPSA) is 71.5 Å². The summed E-state index contributed by atoms with van der Waals surface area (Å²) in [7, 11) is 0. The summed E-state index contributed by atoms with van der Waals surface area (Å²) in [6.45, 7) is 2.83. The third kappa shape index (κ3) is 3.51. The molecule has 130 valence electrons. The first-order chi connectivity index (χ1) is 12.1. The average molecular weight is 357 g/mol. The zero-order valence-electron chi connectivity index (χ0n) is 13.9. The lowest BCUT2D eigenvalue weighted by atomic mass is 10.1. The van der Waals surface area contributed by atoms with E-state index in [9.17, 15) is 9.59 Å². The molecule has 2 aliphatic rings. The molecule has 2 fully saturated rings. The van der Waals surface area contributed by atoms with Gasteiger partial charge in [0.05, 0.1) is 13.1 Å². The number of ether oxygens (including phenoxy) is 1. The molecule has 1 aromatic carbocycles. The molecule has 0 bridgehead atoms. The number of hydrogen-bond donors (Lipinski definition) is 1. The number of carbonyl (C=O) groups is 2. The Morgan fingerprint density at radius 1 is 1.44 bits per heavy atom. The van der Waals surface area contributed by atoms with Crippen LogP contribution < -0.4 is 5.32 Å². The predicted octanol–water partition coefficient (Wildman–Crippen LogP) is 2.83. The molecule has 1 aromatic heterocycles. The van der Waals surface area contributed by atoms with Gasteiger partial charge in [-0.3, -0.25) is 4.79 Å². The van der Waals surface area contributed by atoms with Gasteiger partial charge in [-0.15, -0.1) is 11.3 Å². The fraction of sp³-hybridized carbons (Fsp3) is 0.389. The molecule has 1 aliphatic carbocycles. The van der Waals surface area contributed by atoms with Crippen LogP contribution in [0, 0.1) is 6.92 Å². The Hall–Kier alpha value is -2.41. The van der Waals surface area contributed by atoms with Gasteiger partial charge in [-0.1, -0.05) is 12.1 Å². The smallest absolute Gasteiger partial charge is 0.410 e. The minimum absolute atomic E-state index is 0.170. The normalized spacial score (nSPS) is 19.8. The molecular formula is C18H19N3O3S. The Bertz CT molecular complexity index is 815. The summed E-state index contributed by atoms with van der Waals surface area (Å²) in [4.78, 5) is 30.4. The van der Waals surface area contributed by atoms with Crippen molar-refractivity contribution in [1.29, 1.82) is 0 Å². The van der Waals surface area contributed by atoms with E-state index >= 15 is 0 Å². The lowest BCUT2D eigenvalue weighted by molar-refractivity contribution is 0.0914. The lowest BCUT2D eigenvalue weighted by Crippen LogP contribution is -2.35. The number of nitrogens with one attached hydrogen (secondary N) is 1. The quantitative estimate of drug-likeness (QED) is 0.893. The van der Waals surface area contributed by atoms with Gasteiger partial charge in [0.25, 0.3) is 5.91 Å². The zero-order valence-corrected chi connectivity index (χ0v) is 14.7. The molecule has 2 amide bonds. The van der Waals surface area contributed by atoms with Crippen molar-refractivity contribution < 1.29 is 14.3 Å². The maximum atomic E-state index is 12.4. The zero-order chi connectivity index (χ0) is 17.4. The molecule has 1 N–H and O–H groups in total. The number of amides is 2. The number of hydrogen-bond acceptors (Lipinski definition) is 5. The van der Waals surface area contributed by atoms with Crippen molar-refractivity contribution in [2.24, 2.45) is 0 Å². The number of aryl methyl sites for hydroxylation is 1. The number of carbonyl (C=O) groups excluding carboxylic acids is 2. The highest BCUT2D eigenvalue weighted by Gasteiger charge is 2.40. The Labute approximate surface area is 149 Å². The summed E-state index contributed by atoms with van der Waals surface area (Å²) in [5.74, 6) is -0.170. The standard InChI is InChI=1S/C18H19N3O3S/c1-11-10-25-17(20-11)13-4-2-3-12(7-13)16(22)19-8-15-9-21(14-5-6-14)18(23)24-15/h2-4,7,10,14-15H,5-6,8-9H2,1H3,(H,19,22). The van der Waals surface area contributed by atoms with Crippen molar-refractivity contribution >= 4 is 23.3 Å². The molecule has 2 aromatic rings. The number of rotatable bonds is 5. The second-order valence-electron chi connectivity index (χ2n) is 6.47. The third-order valence-electron chi connectivity index (χ3n) is 4.37. The van der Waals surface area contributed by atoms with Gasteiger partial charge in [-0.05, 0) is 31.9 Å². The van der Waals surface area contributed by atoms with Crippen LogP contribution in [-0.2, 0) is 4.74 Å². The minimum Gasteiger partial charge on any atom is -0.442 e. The van der Waals surface area contributed by atoms with Gasteiger partial charge in [0, 0.05) is 28.2 Å². The maximum absolute atomic E-state index is 12.4. The lowest BCUT2D eigenvalue weighted by Gasteiger charge is -2.11. The number of thiazole rings is 1. The molecule has 2 heterocycles. The predicted molar refractivity (Wildman–Crippen MR) is 94.6 cm³/mol. The molecule has 1 aliphatic heterocycles. The summed E-state index contributed by atoms with van der Waals surface area (Å²) >= 11 is 1.56. The summed E-state index contributed by atoms with van der Waals surface area (Å²) in [5, 5.41) is 5.75. The first-order valence-electron chi connectivity index (χ1n) is 8.38. The molecule has 7 heteroatoms. The third-order valence-corrected chi connectivity index (χ3v) is 5.38. The number of benzene rings is 1. The van der Waals surface area contributed by atoms with Crippen LogP contribution in [0.2, 0.25) is 0 Å². The van der Waals surface area contributed by atoms with Crippen LogP contribution in [0.25, 0.3) is 10.6 Å². The van der Waals surface area contributed by atoms with Crippen LogP contribution in [0.3, 0.4) is 0 Å². The van der Waals surface area contributed by atoms with Crippen molar-refractivity contribution in [2.75, 3.05) is 13.1 Å². The first kappa shape index (κ1) is 16.1. The molecule has 6 nitrogen and oxygen atoms in total. The summed E-state index contributed by atoms with van der Waals surface area (Å²) < 4.78 is 5.32. The highest BCUT2D eigenvalue weighted by Crippen LogP contribution is 2.30. The van der Waals surface area contributed by atoms with E-state index in [-0.39, 0.29) is 18.1 Å². The van der Waals surface area contributed by atoms with E-state index in [0.29, 0.717) is 24.7 Å². The molecule has 0 spiro atoms. The van der Waals surface area contributed by atoms with Gasteiger partial charge in [-0.25, -0.2) is 9.78 Å². The Balaban J connectivity index is 1.37. The SMILES string of the molecule is Cc1csc(-c2cccc(C(=O)NCC3CN(C4CC4)C(=O)O3)c2)n1. The molecule has 25 heavy (non-hydrogen) atoms. The molecule has 1 saturated carbocycles. The highest BCUT2D eigenvalue weighted by molar-refractivity contribution is 7.13. The van der Waals surface area contributed by atoms with Gasteiger partial charge >= 0.3 is 6.09 Å². The van der Waals surface area contributed by atoms with Crippen molar-refractivity contribution in [2.45, 2.75) is 31.9 Å².